The van der Waals surface area contributed by atoms with Crippen LogP contribution >= 0.6 is 0 Å². The number of carbonyl (C=O) groups excluding carboxylic acids is 1. The van der Waals surface area contributed by atoms with Gasteiger partial charge in [0.15, 0.2) is 0 Å². The molecule has 5 nitrogen and oxygen atoms in total. The Balaban J connectivity index is 1.59. The predicted octanol–water partition coefficient (Wildman–Crippen LogP) is 4.41. The molecule has 1 atom stereocenters. The molecule has 0 unspecified atom stereocenters. The lowest BCUT2D eigenvalue weighted by Gasteiger charge is -2.31. The Hall–Kier alpha value is -2.66. The number of hydrogen-bond acceptors (Lipinski definition) is 4. The van der Waals surface area contributed by atoms with Crippen molar-refractivity contribution in [3.05, 3.63) is 65.2 Å². The second-order valence-corrected chi connectivity index (χ2v) is 8.55. The first kappa shape index (κ1) is 20.6. The van der Waals surface area contributed by atoms with Crippen LogP contribution < -0.4 is 4.74 Å². The van der Waals surface area contributed by atoms with Gasteiger partial charge >= 0.3 is 0 Å². The van der Waals surface area contributed by atoms with Crippen molar-refractivity contribution >= 4 is 11.6 Å². The maximum atomic E-state index is 13.3. The number of piperidine rings is 1. The number of aryl methyl sites for hydroxylation is 1. The zero-order valence-corrected chi connectivity index (χ0v) is 18.2. The van der Waals surface area contributed by atoms with Gasteiger partial charge in [0.05, 0.1) is 25.4 Å². The van der Waals surface area contributed by atoms with E-state index in [0.717, 1.165) is 55.3 Å². The van der Waals surface area contributed by atoms with E-state index in [1.54, 1.807) is 12.1 Å². The van der Waals surface area contributed by atoms with Crippen LogP contribution in [0.4, 0.5) is 0 Å². The van der Waals surface area contributed by atoms with Gasteiger partial charge in [-0.05, 0) is 79.7 Å². The van der Waals surface area contributed by atoms with Crippen molar-refractivity contribution in [1.82, 2.24) is 9.91 Å². The number of benzene rings is 2. The highest BCUT2D eigenvalue weighted by Crippen LogP contribution is 2.35. The van der Waals surface area contributed by atoms with Gasteiger partial charge in [-0.2, -0.15) is 5.10 Å². The largest absolute Gasteiger partial charge is 0.497 e. The lowest BCUT2D eigenvalue weighted by atomic mass is 9.95. The molecular formula is C25H31N3O2. The molecule has 1 fully saturated rings. The van der Waals surface area contributed by atoms with Gasteiger partial charge in [-0.15, -0.1) is 0 Å². The minimum absolute atomic E-state index is 0.0560. The van der Waals surface area contributed by atoms with E-state index in [2.05, 4.69) is 30.9 Å². The minimum Gasteiger partial charge on any atom is -0.497 e. The Morgan fingerprint density at radius 1 is 1.10 bits per heavy atom. The van der Waals surface area contributed by atoms with Crippen LogP contribution in [0.3, 0.4) is 0 Å². The quantitative estimate of drug-likeness (QED) is 0.740. The van der Waals surface area contributed by atoms with Crippen LogP contribution in [0.5, 0.6) is 5.75 Å². The molecule has 2 aliphatic heterocycles. The Bertz CT molecular complexity index is 914. The van der Waals surface area contributed by atoms with Gasteiger partial charge in [0.1, 0.15) is 5.75 Å². The SMILES string of the molecule is COc1ccc(C2=NN(C(=O)CN3CCC(C)CC3)[C@@H](c3ccccc3C)C2)cc1. The van der Waals surface area contributed by atoms with Gasteiger partial charge in [-0.25, -0.2) is 5.01 Å². The van der Waals surface area contributed by atoms with Crippen LogP contribution in [-0.4, -0.2) is 48.3 Å². The highest BCUT2D eigenvalue weighted by Gasteiger charge is 2.34. The van der Waals surface area contributed by atoms with E-state index in [9.17, 15) is 4.79 Å². The lowest BCUT2D eigenvalue weighted by molar-refractivity contribution is -0.134. The molecule has 2 aromatic carbocycles. The summed E-state index contributed by atoms with van der Waals surface area (Å²) in [7, 11) is 1.66. The number of carbonyl (C=O) groups is 1. The highest BCUT2D eigenvalue weighted by atomic mass is 16.5. The molecule has 0 saturated carbocycles. The maximum absolute atomic E-state index is 13.3. The number of ether oxygens (including phenoxy) is 1. The van der Waals surface area contributed by atoms with Crippen molar-refractivity contribution in [1.29, 1.82) is 0 Å². The van der Waals surface area contributed by atoms with Gasteiger partial charge in [0, 0.05) is 6.42 Å². The van der Waals surface area contributed by atoms with Gasteiger partial charge in [-0.1, -0.05) is 31.2 Å². The van der Waals surface area contributed by atoms with Crippen LogP contribution in [0.1, 0.15) is 48.9 Å². The summed E-state index contributed by atoms with van der Waals surface area (Å²) in [5, 5.41) is 6.56. The highest BCUT2D eigenvalue weighted by molar-refractivity contribution is 6.03. The number of hydrazone groups is 1. The molecule has 2 aromatic rings. The molecule has 2 heterocycles. The molecule has 1 saturated heterocycles. The summed E-state index contributed by atoms with van der Waals surface area (Å²) in [5.74, 6) is 1.66. The summed E-state index contributed by atoms with van der Waals surface area (Å²) in [6, 6.07) is 16.2. The fourth-order valence-corrected chi connectivity index (χ4v) is 4.39. The Morgan fingerprint density at radius 2 is 1.80 bits per heavy atom. The van der Waals surface area contributed by atoms with Gasteiger partial charge in [0.25, 0.3) is 5.91 Å². The van der Waals surface area contributed by atoms with Gasteiger partial charge in [0.2, 0.25) is 0 Å². The Labute approximate surface area is 179 Å². The van der Waals surface area contributed by atoms with E-state index in [1.165, 1.54) is 11.1 Å². The maximum Gasteiger partial charge on any atom is 0.257 e. The van der Waals surface area contributed by atoms with Crippen molar-refractivity contribution in [3.63, 3.8) is 0 Å². The molecule has 0 aromatic heterocycles. The number of likely N-dealkylation sites (tertiary alicyclic amines) is 1. The summed E-state index contributed by atoms with van der Waals surface area (Å²) in [5.41, 5.74) is 4.35. The predicted molar refractivity (Wildman–Crippen MR) is 120 cm³/mol. The van der Waals surface area contributed by atoms with Crippen LogP contribution in [0.15, 0.2) is 53.6 Å². The molecule has 30 heavy (non-hydrogen) atoms. The molecule has 0 radical (unpaired) electrons. The lowest BCUT2D eigenvalue weighted by Crippen LogP contribution is -2.41. The van der Waals surface area contributed by atoms with Crippen LogP contribution in [0, 0.1) is 12.8 Å². The van der Waals surface area contributed by atoms with Gasteiger partial charge in [-0.3, -0.25) is 9.69 Å². The summed E-state index contributed by atoms with van der Waals surface area (Å²) in [6.07, 6.45) is 3.05. The second kappa shape index (κ2) is 9.00. The van der Waals surface area contributed by atoms with E-state index >= 15 is 0 Å². The molecule has 2 aliphatic rings. The molecule has 1 amide bonds. The number of amides is 1. The first-order chi connectivity index (χ1) is 14.5. The second-order valence-electron chi connectivity index (χ2n) is 8.55. The summed E-state index contributed by atoms with van der Waals surface area (Å²) < 4.78 is 5.28. The molecule has 4 rings (SSSR count). The Morgan fingerprint density at radius 3 is 2.47 bits per heavy atom. The van der Waals surface area contributed by atoms with E-state index < -0.39 is 0 Å². The van der Waals surface area contributed by atoms with E-state index in [1.807, 2.05) is 36.4 Å². The van der Waals surface area contributed by atoms with E-state index in [0.29, 0.717) is 6.54 Å². The average molecular weight is 406 g/mol. The molecular weight excluding hydrogens is 374 g/mol. The van der Waals surface area contributed by atoms with Crippen molar-refractivity contribution in [2.45, 2.75) is 39.2 Å². The summed E-state index contributed by atoms with van der Waals surface area (Å²) >= 11 is 0. The van der Waals surface area contributed by atoms with E-state index in [-0.39, 0.29) is 11.9 Å². The van der Waals surface area contributed by atoms with Crippen molar-refractivity contribution < 1.29 is 9.53 Å². The summed E-state index contributed by atoms with van der Waals surface area (Å²) in [4.78, 5) is 15.6. The number of nitrogens with zero attached hydrogens (tertiary/aromatic N) is 3. The first-order valence-electron chi connectivity index (χ1n) is 10.9. The molecule has 0 bridgehead atoms. The zero-order chi connectivity index (χ0) is 21.1. The third-order valence-corrected chi connectivity index (χ3v) is 6.37. The topological polar surface area (TPSA) is 45.1 Å². The van der Waals surface area contributed by atoms with E-state index in [4.69, 9.17) is 9.84 Å². The fraction of sp³-hybridized carbons (Fsp3) is 0.440. The van der Waals surface area contributed by atoms with Crippen molar-refractivity contribution in [2.75, 3.05) is 26.7 Å². The monoisotopic (exact) mass is 405 g/mol. The first-order valence-corrected chi connectivity index (χ1v) is 10.9. The standard InChI is InChI=1S/C25H31N3O2/c1-18-12-14-27(15-13-18)17-25(29)28-24(22-7-5-4-6-19(22)2)16-23(26-28)20-8-10-21(30-3)11-9-20/h4-11,18,24H,12-17H2,1-3H3/t24-/m1/s1. The molecule has 5 heteroatoms. The van der Waals surface area contributed by atoms with Crippen molar-refractivity contribution in [2.24, 2.45) is 11.0 Å². The third kappa shape index (κ3) is 4.41. The molecule has 0 spiro atoms. The average Bonchev–Trinajstić information content (AvgIpc) is 3.21. The smallest absolute Gasteiger partial charge is 0.257 e. The summed E-state index contributed by atoms with van der Waals surface area (Å²) in [6.45, 7) is 6.82. The fourth-order valence-electron chi connectivity index (χ4n) is 4.39. The normalized spacial score (nSPS) is 20.3. The van der Waals surface area contributed by atoms with Crippen LogP contribution in [0.25, 0.3) is 0 Å². The van der Waals surface area contributed by atoms with Crippen LogP contribution in [0.2, 0.25) is 0 Å². The molecule has 0 aliphatic carbocycles. The minimum atomic E-state index is -0.0560. The zero-order valence-electron chi connectivity index (χ0n) is 18.2. The Kier molecular flexibility index (Phi) is 6.18. The molecule has 158 valence electrons. The third-order valence-electron chi connectivity index (χ3n) is 6.37. The number of rotatable bonds is 5. The van der Waals surface area contributed by atoms with Crippen molar-refractivity contribution in [3.8, 4) is 5.75 Å². The molecule has 0 N–H and O–H groups in total. The van der Waals surface area contributed by atoms with Gasteiger partial charge < -0.3 is 4.74 Å². The number of hydrogen-bond donors (Lipinski definition) is 0. The van der Waals surface area contributed by atoms with Crippen LogP contribution in [-0.2, 0) is 4.79 Å². The number of methoxy groups -OCH3 is 1.